The van der Waals surface area contributed by atoms with E-state index in [-0.39, 0.29) is 30.2 Å². The largest absolute Gasteiger partial charge is 0.388 e. The van der Waals surface area contributed by atoms with E-state index in [4.69, 9.17) is 4.84 Å². The highest BCUT2D eigenvalue weighted by molar-refractivity contribution is 7.13. The van der Waals surface area contributed by atoms with Gasteiger partial charge in [-0.25, -0.2) is 4.79 Å². The van der Waals surface area contributed by atoms with Crippen molar-refractivity contribution in [3.05, 3.63) is 11.6 Å². The lowest BCUT2D eigenvalue weighted by Crippen LogP contribution is -2.61. The van der Waals surface area contributed by atoms with Gasteiger partial charge < -0.3 is 20.2 Å². The predicted molar refractivity (Wildman–Crippen MR) is 141 cm³/mol. The van der Waals surface area contributed by atoms with Crippen LogP contribution in [-0.2, 0) is 28.8 Å². The first-order chi connectivity index (χ1) is 16.7. The Balaban J connectivity index is 3.22. The van der Waals surface area contributed by atoms with Crippen LogP contribution in [0.1, 0.15) is 68.2 Å². The third-order valence-corrected chi connectivity index (χ3v) is 6.42. The molecule has 1 aliphatic rings. The Morgan fingerprint density at radius 1 is 1.08 bits per heavy atom. The molecule has 11 nitrogen and oxygen atoms in total. The number of rotatable bonds is 10. The second kappa shape index (κ2) is 12.5. The number of hydrogen-bond donors (Lipinski definition) is 2. The summed E-state index contributed by atoms with van der Waals surface area (Å²) in [5.74, 6) is -3.06. The molecule has 1 saturated heterocycles. The molecular weight excluding hydrogens is 499 g/mol. The van der Waals surface area contributed by atoms with Gasteiger partial charge in [-0.1, -0.05) is 50.1 Å². The van der Waals surface area contributed by atoms with Crippen molar-refractivity contribution in [2.24, 2.45) is 11.3 Å². The topological polar surface area (TPSA) is 137 Å². The maximum absolute atomic E-state index is 13.7. The Morgan fingerprint density at radius 3 is 1.95 bits per heavy atom. The van der Waals surface area contributed by atoms with Gasteiger partial charge in [0.05, 0.1) is 11.6 Å². The average molecular weight is 543 g/mol. The van der Waals surface area contributed by atoms with Gasteiger partial charge in [-0.05, 0) is 39.2 Å². The fraction of sp³-hybridized carbons (Fsp3) is 0.720. The number of nitrogens with one attached hydrogen (secondary N) is 1. The molecule has 4 amide bonds. The number of carbonyl (C=O) groups is 5. The second-order valence-electron chi connectivity index (χ2n) is 11.5. The highest BCUT2D eigenvalue weighted by Crippen LogP contribution is 2.26. The summed E-state index contributed by atoms with van der Waals surface area (Å²) in [5, 5.41) is 13.8. The van der Waals surface area contributed by atoms with E-state index in [0.717, 1.165) is 0 Å². The highest BCUT2D eigenvalue weighted by Gasteiger charge is 2.42. The SMILES string of the molecule is C/C(=C\[C@H](C(C)C)N(C)C(=O)[C@@H](NC(=O)[C@@H](N(C)P)C(C)(C)O)C(C)(C)C)C(=O)ON1C(=O)CCC1=O. The quantitative estimate of drug-likeness (QED) is 0.240. The van der Waals surface area contributed by atoms with Gasteiger partial charge in [0, 0.05) is 25.5 Å². The van der Waals surface area contributed by atoms with E-state index >= 15 is 0 Å². The van der Waals surface area contributed by atoms with E-state index in [0.29, 0.717) is 5.06 Å². The molecule has 1 fully saturated rings. The van der Waals surface area contributed by atoms with Crippen LogP contribution in [0.5, 0.6) is 0 Å². The van der Waals surface area contributed by atoms with Crippen LogP contribution in [0, 0.1) is 11.3 Å². The predicted octanol–water partition coefficient (Wildman–Crippen LogP) is 1.42. The molecule has 1 unspecified atom stereocenters. The lowest BCUT2D eigenvalue weighted by molar-refractivity contribution is -0.194. The lowest BCUT2D eigenvalue weighted by Gasteiger charge is -2.40. The zero-order chi connectivity index (χ0) is 29.0. The molecule has 1 heterocycles. The number of aliphatic hydroxyl groups is 1. The molecule has 1 rings (SSSR count). The van der Waals surface area contributed by atoms with Gasteiger partial charge in [-0.15, -0.1) is 5.06 Å². The van der Waals surface area contributed by atoms with Crippen molar-refractivity contribution in [3.63, 3.8) is 0 Å². The standard InChI is InChI=1S/C25H43N4O7P/c1-14(2)16(13-15(3)23(34)36-29-17(30)11-12-18(29)31)27(9)22(33)19(24(4,5)6)26-21(32)20(28(10)37)25(7,8)35/h13-14,16,19-20,35H,11-12,37H2,1-10H3,(H,26,32)/b15-13+/t16-,19-,20-/m1/s1. The number of carbonyl (C=O) groups excluding carboxylic acids is 5. The molecule has 0 bridgehead atoms. The molecular formula is C25H43N4O7P. The molecule has 0 spiro atoms. The normalized spacial score (nSPS) is 17.7. The Labute approximate surface area is 222 Å². The summed E-state index contributed by atoms with van der Waals surface area (Å²) < 4.78 is 1.51. The smallest absolute Gasteiger partial charge is 0.359 e. The maximum Gasteiger partial charge on any atom is 0.359 e. The van der Waals surface area contributed by atoms with Crippen LogP contribution in [0.25, 0.3) is 0 Å². The van der Waals surface area contributed by atoms with Gasteiger partial charge in [-0.2, -0.15) is 0 Å². The molecule has 210 valence electrons. The lowest BCUT2D eigenvalue weighted by atomic mass is 9.84. The number of amides is 4. The average Bonchev–Trinajstić information content (AvgIpc) is 3.04. The molecule has 2 N–H and O–H groups in total. The highest BCUT2D eigenvalue weighted by atomic mass is 31.0. The van der Waals surface area contributed by atoms with Gasteiger partial charge in [0.1, 0.15) is 12.1 Å². The Morgan fingerprint density at radius 2 is 1.57 bits per heavy atom. The third-order valence-electron chi connectivity index (χ3n) is 6.12. The van der Waals surface area contributed by atoms with Gasteiger partial charge in [-0.3, -0.25) is 23.8 Å². The third kappa shape index (κ3) is 8.58. The van der Waals surface area contributed by atoms with Gasteiger partial charge >= 0.3 is 5.97 Å². The van der Waals surface area contributed by atoms with Crippen molar-refractivity contribution in [3.8, 4) is 0 Å². The van der Waals surface area contributed by atoms with E-state index in [9.17, 15) is 29.1 Å². The zero-order valence-electron chi connectivity index (χ0n) is 23.6. The van der Waals surface area contributed by atoms with Crippen molar-refractivity contribution in [1.82, 2.24) is 20.0 Å². The van der Waals surface area contributed by atoms with Gasteiger partial charge in [0.15, 0.2) is 0 Å². The number of nitrogens with zero attached hydrogens (tertiary/aromatic N) is 3. The Hall–Kier alpha value is -2.36. The van der Waals surface area contributed by atoms with Crippen LogP contribution in [0.2, 0.25) is 0 Å². The van der Waals surface area contributed by atoms with Crippen molar-refractivity contribution in [2.75, 3.05) is 14.1 Å². The summed E-state index contributed by atoms with van der Waals surface area (Å²) in [6.07, 6.45) is 1.52. The first-order valence-corrected chi connectivity index (χ1v) is 12.7. The van der Waals surface area contributed by atoms with Crippen LogP contribution in [0.15, 0.2) is 11.6 Å². The summed E-state index contributed by atoms with van der Waals surface area (Å²) in [5.41, 5.74) is -1.94. The van der Waals surface area contributed by atoms with E-state index in [1.165, 1.54) is 30.3 Å². The summed E-state index contributed by atoms with van der Waals surface area (Å²) in [4.78, 5) is 69.5. The maximum atomic E-state index is 13.7. The summed E-state index contributed by atoms with van der Waals surface area (Å²) >= 11 is 0. The van der Waals surface area contributed by atoms with Crippen molar-refractivity contribution >= 4 is 39.0 Å². The van der Waals surface area contributed by atoms with Crippen LogP contribution in [0.4, 0.5) is 0 Å². The van der Waals surface area contributed by atoms with Gasteiger partial charge in [0.2, 0.25) is 11.8 Å². The Kier molecular flexibility index (Phi) is 11.0. The molecule has 37 heavy (non-hydrogen) atoms. The first kappa shape index (κ1) is 32.7. The summed E-state index contributed by atoms with van der Waals surface area (Å²) in [6.45, 7) is 13.7. The molecule has 12 heteroatoms. The number of hydrogen-bond acceptors (Lipinski definition) is 8. The summed E-state index contributed by atoms with van der Waals surface area (Å²) in [6, 6.07) is -2.45. The van der Waals surface area contributed by atoms with E-state index < -0.39 is 52.8 Å². The van der Waals surface area contributed by atoms with Crippen LogP contribution >= 0.6 is 9.39 Å². The molecule has 0 aliphatic carbocycles. The van der Waals surface area contributed by atoms with Crippen LogP contribution < -0.4 is 5.32 Å². The van der Waals surface area contributed by atoms with E-state index in [2.05, 4.69) is 14.7 Å². The minimum atomic E-state index is -1.38. The molecule has 0 aromatic rings. The molecule has 4 atom stereocenters. The van der Waals surface area contributed by atoms with Crippen molar-refractivity contribution in [1.29, 1.82) is 0 Å². The molecule has 0 saturated carbocycles. The second-order valence-corrected chi connectivity index (χ2v) is 12.3. The first-order valence-electron chi connectivity index (χ1n) is 12.2. The number of hydroxylamine groups is 2. The van der Waals surface area contributed by atoms with Crippen molar-refractivity contribution in [2.45, 2.75) is 92.0 Å². The van der Waals surface area contributed by atoms with Gasteiger partial charge in [0.25, 0.3) is 11.8 Å². The molecule has 0 radical (unpaired) electrons. The molecule has 0 aromatic carbocycles. The number of likely N-dealkylation sites (N-methyl/N-ethyl adjacent to an activating group) is 2. The zero-order valence-corrected chi connectivity index (χ0v) is 24.8. The van der Waals surface area contributed by atoms with Crippen LogP contribution in [0.3, 0.4) is 0 Å². The number of imide groups is 1. The molecule has 0 aromatic heterocycles. The van der Waals surface area contributed by atoms with E-state index in [1.54, 1.807) is 20.2 Å². The minimum Gasteiger partial charge on any atom is -0.388 e. The monoisotopic (exact) mass is 542 g/mol. The molecule has 1 aliphatic heterocycles. The van der Waals surface area contributed by atoms with Crippen molar-refractivity contribution < 1.29 is 33.9 Å². The Bertz CT molecular complexity index is 918. The van der Waals surface area contributed by atoms with E-state index in [1.807, 2.05) is 34.6 Å². The fourth-order valence-corrected chi connectivity index (χ4v) is 4.61. The minimum absolute atomic E-state index is 0.0124. The van der Waals surface area contributed by atoms with Crippen LogP contribution in [-0.4, -0.2) is 87.2 Å². The fourth-order valence-electron chi connectivity index (χ4n) is 4.11. The summed E-state index contributed by atoms with van der Waals surface area (Å²) in [7, 11) is 5.58.